The number of nitrogens with zero attached hydrogens (tertiary/aromatic N) is 2. The number of hydrogen-bond donors (Lipinski definition) is 0. The molecule has 22 heavy (non-hydrogen) atoms. The molecule has 0 N–H and O–H groups in total. The fraction of sp³-hybridized carbons (Fsp3) is 0.368. The Morgan fingerprint density at radius 1 is 1.05 bits per heavy atom. The zero-order chi connectivity index (χ0) is 15.6. The van der Waals surface area contributed by atoms with Gasteiger partial charge in [-0.15, -0.1) is 9.24 Å². The molecule has 0 spiro atoms. The second-order valence-electron chi connectivity index (χ2n) is 6.99. The molecule has 114 valence electrons. The third kappa shape index (κ3) is 1.65. The first-order valence-electron chi connectivity index (χ1n) is 7.93. The maximum atomic E-state index is 3.15. The standard InChI is InChI=1S/C19H23N2P/c1-12-9-10-15-14(11-12)13(2)19(3,22)18-20(4)16-7-5-6-8-17(16)21(15)18/h5-11,13,18H,22H2,1-4H3. The van der Waals surface area contributed by atoms with Gasteiger partial charge in [0.05, 0.1) is 11.4 Å². The molecule has 0 aromatic heterocycles. The lowest BCUT2D eigenvalue weighted by molar-refractivity contribution is 0.422. The minimum Gasteiger partial charge on any atom is -0.351 e. The summed E-state index contributed by atoms with van der Waals surface area (Å²) in [6.45, 7) is 6.91. The van der Waals surface area contributed by atoms with E-state index in [2.05, 4.69) is 89.3 Å². The molecule has 2 aromatic carbocycles. The van der Waals surface area contributed by atoms with Crippen LogP contribution in [-0.2, 0) is 0 Å². The van der Waals surface area contributed by atoms with Gasteiger partial charge in [0.1, 0.15) is 6.17 Å². The fourth-order valence-electron chi connectivity index (χ4n) is 4.16. The van der Waals surface area contributed by atoms with E-state index in [1.807, 2.05) is 0 Å². The zero-order valence-electron chi connectivity index (χ0n) is 13.7. The Kier molecular flexibility index (Phi) is 2.87. The molecule has 0 saturated carbocycles. The van der Waals surface area contributed by atoms with E-state index in [1.54, 1.807) is 0 Å². The Bertz CT molecular complexity index is 753. The highest BCUT2D eigenvalue weighted by Crippen LogP contribution is 2.57. The zero-order valence-corrected chi connectivity index (χ0v) is 14.8. The molecule has 2 aliphatic heterocycles. The van der Waals surface area contributed by atoms with Gasteiger partial charge in [0.15, 0.2) is 0 Å². The molecule has 2 heterocycles. The summed E-state index contributed by atoms with van der Waals surface area (Å²) in [6.07, 6.45) is 0.333. The van der Waals surface area contributed by atoms with Crippen LogP contribution in [0.25, 0.3) is 0 Å². The van der Waals surface area contributed by atoms with Crippen molar-refractivity contribution in [3.63, 3.8) is 0 Å². The molecular formula is C19H23N2P. The number of anilines is 3. The van der Waals surface area contributed by atoms with Gasteiger partial charge in [-0.25, -0.2) is 0 Å². The number of benzene rings is 2. The van der Waals surface area contributed by atoms with Gasteiger partial charge >= 0.3 is 0 Å². The molecule has 0 radical (unpaired) electrons. The van der Waals surface area contributed by atoms with Crippen LogP contribution in [0.15, 0.2) is 42.5 Å². The molecule has 4 rings (SSSR count). The van der Waals surface area contributed by atoms with Crippen LogP contribution in [0.3, 0.4) is 0 Å². The molecule has 0 saturated heterocycles. The monoisotopic (exact) mass is 310 g/mol. The lowest BCUT2D eigenvalue weighted by Gasteiger charge is -2.50. The summed E-state index contributed by atoms with van der Waals surface area (Å²) in [5, 5.41) is 0.0918. The van der Waals surface area contributed by atoms with E-state index < -0.39 is 0 Å². The average molecular weight is 310 g/mol. The van der Waals surface area contributed by atoms with Crippen molar-refractivity contribution in [3.8, 4) is 0 Å². The van der Waals surface area contributed by atoms with Crippen LogP contribution in [0.4, 0.5) is 17.1 Å². The van der Waals surface area contributed by atoms with Crippen molar-refractivity contribution in [2.24, 2.45) is 0 Å². The summed E-state index contributed by atoms with van der Waals surface area (Å²) in [6, 6.07) is 15.6. The van der Waals surface area contributed by atoms with Gasteiger partial charge in [0, 0.05) is 17.9 Å². The van der Waals surface area contributed by atoms with Crippen molar-refractivity contribution in [1.29, 1.82) is 0 Å². The summed E-state index contributed by atoms with van der Waals surface area (Å²) in [7, 11) is 5.37. The molecule has 0 fully saturated rings. The van der Waals surface area contributed by atoms with Crippen molar-refractivity contribution in [2.75, 3.05) is 16.8 Å². The van der Waals surface area contributed by atoms with E-state index in [1.165, 1.54) is 28.2 Å². The second kappa shape index (κ2) is 4.49. The minimum atomic E-state index is 0.0918. The van der Waals surface area contributed by atoms with Crippen LogP contribution in [0.1, 0.15) is 30.9 Å². The van der Waals surface area contributed by atoms with Crippen molar-refractivity contribution in [3.05, 3.63) is 53.6 Å². The Morgan fingerprint density at radius 2 is 1.73 bits per heavy atom. The summed E-state index contributed by atoms with van der Waals surface area (Å²) < 4.78 is 0. The summed E-state index contributed by atoms with van der Waals surface area (Å²) in [5.74, 6) is 0.491. The quantitative estimate of drug-likeness (QED) is 0.653. The molecule has 2 aliphatic rings. The lowest BCUT2D eigenvalue weighted by atomic mass is 9.80. The topological polar surface area (TPSA) is 6.48 Å². The first kappa shape index (κ1) is 14.1. The van der Waals surface area contributed by atoms with E-state index in [-0.39, 0.29) is 5.16 Å². The predicted octanol–water partition coefficient (Wildman–Crippen LogP) is 4.66. The molecule has 3 heteroatoms. The van der Waals surface area contributed by atoms with Crippen molar-refractivity contribution in [1.82, 2.24) is 0 Å². The Balaban J connectivity index is 2.02. The Labute approximate surface area is 135 Å². The average Bonchev–Trinajstić information content (AvgIpc) is 2.80. The third-order valence-corrected chi connectivity index (χ3v) is 6.33. The highest BCUT2D eigenvalue weighted by Gasteiger charge is 2.51. The van der Waals surface area contributed by atoms with Gasteiger partial charge in [-0.05, 0) is 36.6 Å². The second-order valence-corrected chi connectivity index (χ2v) is 8.24. The predicted molar refractivity (Wildman–Crippen MR) is 98.5 cm³/mol. The first-order valence-corrected chi connectivity index (χ1v) is 8.51. The number of rotatable bonds is 0. The smallest absolute Gasteiger partial charge is 0.116 e. The number of para-hydroxylation sites is 2. The van der Waals surface area contributed by atoms with Crippen molar-refractivity contribution in [2.45, 2.75) is 38.0 Å². The van der Waals surface area contributed by atoms with Crippen LogP contribution in [0, 0.1) is 6.92 Å². The molecule has 2 nitrogen and oxygen atoms in total. The maximum Gasteiger partial charge on any atom is 0.116 e. The lowest BCUT2D eigenvalue weighted by Crippen LogP contribution is -2.57. The molecule has 4 atom stereocenters. The molecule has 2 aromatic rings. The largest absolute Gasteiger partial charge is 0.351 e. The maximum absolute atomic E-state index is 3.15. The summed E-state index contributed by atoms with van der Waals surface area (Å²) >= 11 is 0. The van der Waals surface area contributed by atoms with E-state index in [9.17, 15) is 0 Å². The van der Waals surface area contributed by atoms with Crippen LogP contribution in [0.2, 0.25) is 0 Å². The summed E-state index contributed by atoms with van der Waals surface area (Å²) in [4.78, 5) is 4.96. The normalized spacial score (nSPS) is 29.1. The minimum absolute atomic E-state index is 0.0918. The highest BCUT2D eigenvalue weighted by molar-refractivity contribution is 7.19. The van der Waals surface area contributed by atoms with Crippen molar-refractivity contribution < 1.29 is 0 Å². The van der Waals surface area contributed by atoms with Gasteiger partial charge in [0.25, 0.3) is 0 Å². The SMILES string of the molecule is Cc1ccc2c(c1)C(C)C(C)(P)C1N(C)c3ccccc3N21. The van der Waals surface area contributed by atoms with E-state index in [0.717, 1.165) is 0 Å². The molecule has 4 unspecified atom stereocenters. The fourth-order valence-corrected chi connectivity index (χ4v) is 4.71. The number of hydrogen-bond acceptors (Lipinski definition) is 2. The number of fused-ring (bicyclic) bond motifs is 5. The van der Waals surface area contributed by atoms with Gasteiger partial charge in [0.2, 0.25) is 0 Å². The summed E-state index contributed by atoms with van der Waals surface area (Å²) in [5.41, 5.74) is 6.80. The van der Waals surface area contributed by atoms with E-state index in [4.69, 9.17) is 0 Å². The van der Waals surface area contributed by atoms with Gasteiger partial charge in [-0.1, -0.05) is 43.7 Å². The van der Waals surface area contributed by atoms with Gasteiger partial charge < -0.3 is 9.80 Å². The van der Waals surface area contributed by atoms with Gasteiger partial charge in [-0.3, -0.25) is 0 Å². The molecule has 0 aliphatic carbocycles. The first-order chi connectivity index (χ1) is 10.4. The third-order valence-electron chi connectivity index (χ3n) is 5.53. The van der Waals surface area contributed by atoms with E-state index in [0.29, 0.717) is 12.1 Å². The molecule has 0 amide bonds. The van der Waals surface area contributed by atoms with E-state index >= 15 is 0 Å². The van der Waals surface area contributed by atoms with Crippen LogP contribution < -0.4 is 9.80 Å². The highest BCUT2D eigenvalue weighted by atomic mass is 31.0. The molecule has 0 bridgehead atoms. The van der Waals surface area contributed by atoms with Crippen LogP contribution in [-0.4, -0.2) is 18.4 Å². The molecular weight excluding hydrogens is 287 g/mol. The van der Waals surface area contributed by atoms with Crippen molar-refractivity contribution >= 4 is 26.3 Å². The number of aryl methyl sites for hydroxylation is 1. The Hall–Kier alpha value is -1.53. The van der Waals surface area contributed by atoms with Crippen LogP contribution >= 0.6 is 9.24 Å². The van der Waals surface area contributed by atoms with Crippen LogP contribution in [0.5, 0.6) is 0 Å². The Morgan fingerprint density at radius 3 is 2.45 bits per heavy atom. The van der Waals surface area contributed by atoms with Gasteiger partial charge in [-0.2, -0.15) is 0 Å².